The maximum atomic E-state index is 13.2. The number of aliphatic hydroxyl groups excluding tert-OH is 1. The molecule has 1 aliphatic heterocycles. The van der Waals surface area contributed by atoms with Crippen LogP contribution in [0.25, 0.3) is 5.76 Å². The molecule has 6 nitrogen and oxygen atoms in total. The molecule has 4 rings (SSSR count). The van der Waals surface area contributed by atoms with Crippen LogP contribution in [0.4, 0.5) is 10.2 Å². The minimum Gasteiger partial charge on any atom is -0.507 e. The fraction of sp³-hybridized carbons (Fsp3) is 0.105. The van der Waals surface area contributed by atoms with Gasteiger partial charge in [-0.25, -0.2) is 4.39 Å². The topological polar surface area (TPSA) is 83.6 Å². The molecule has 1 aromatic carbocycles. The fourth-order valence-corrected chi connectivity index (χ4v) is 3.84. The van der Waals surface area contributed by atoms with E-state index in [9.17, 15) is 19.1 Å². The average molecular weight is 384 g/mol. The van der Waals surface area contributed by atoms with Crippen LogP contribution < -0.4 is 4.90 Å². The number of anilines is 1. The lowest BCUT2D eigenvalue weighted by Crippen LogP contribution is -2.29. The van der Waals surface area contributed by atoms with Crippen LogP contribution in [0.5, 0.6) is 0 Å². The van der Waals surface area contributed by atoms with E-state index in [0.717, 1.165) is 0 Å². The predicted molar refractivity (Wildman–Crippen MR) is 96.7 cm³/mol. The lowest BCUT2D eigenvalue weighted by molar-refractivity contribution is -0.132. The van der Waals surface area contributed by atoms with Gasteiger partial charge in [0.05, 0.1) is 5.57 Å². The molecule has 27 heavy (non-hydrogen) atoms. The molecule has 0 bridgehead atoms. The van der Waals surface area contributed by atoms with Gasteiger partial charge < -0.3 is 9.63 Å². The van der Waals surface area contributed by atoms with E-state index in [1.54, 1.807) is 30.5 Å². The van der Waals surface area contributed by atoms with Crippen LogP contribution in [0.3, 0.4) is 0 Å². The van der Waals surface area contributed by atoms with Crippen LogP contribution in [0.1, 0.15) is 22.2 Å². The second kappa shape index (κ2) is 6.48. The summed E-state index contributed by atoms with van der Waals surface area (Å²) in [6.07, 6.45) is 0. The van der Waals surface area contributed by atoms with Crippen molar-refractivity contribution in [3.05, 3.63) is 75.4 Å². The Morgan fingerprint density at radius 1 is 1.26 bits per heavy atom. The van der Waals surface area contributed by atoms with Crippen LogP contribution >= 0.6 is 11.3 Å². The molecule has 1 amide bonds. The van der Waals surface area contributed by atoms with E-state index in [1.165, 1.54) is 40.5 Å². The van der Waals surface area contributed by atoms with Crippen molar-refractivity contribution in [1.82, 2.24) is 5.16 Å². The molecule has 3 heterocycles. The van der Waals surface area contributed by atoms with Gasteiger partial charge in [0, 0.05) is 16.5 Å². The van der Waals surface area contributed by atoms with Crippen molar-refractivity contribution < 1.29 is 23.6 Å². The third kappa shape index (κ3) is 2.83. The smallest absolute Gasteiger partial charge is 0.301 e. The molecule has 0 aliphatic carbocycles. The summed E-state index contributed by atoms with van der Waals surface area (Å²) in [5.41, 5.74) is 0.169. The highest BCUT2D eigenvalue weighted by molar-refractivity contribution is 7.10. The molecule has 0 saturated carbocycles. The molecule has 0 spiro atoms. The first-order chi connectivity index (χ1) is 13.0. The largest absolute Gasteiger partial charge is 0.507 e. The van der Waals surface area contributed by atoms with Gasteiger partial charge in [0.1, 0.15) is 23.4 Å². The summed E-state index contributed by atoms with van der Waals surface area (Å²) < 4.78 is 18.3. The van der Waals surface area contributed by atoms with Crippen molar-refractivity contribution in [3.8, 4) is 0 Å². The van der Waals surface area contributed by atoms with Gasteiger partial charge in [0.2, 0.25) is 0 Å². The number of Topliss-reactive ketones (excluding diaryl/α,β-unsaturated/α-hetero) is 1. The number of rotatable bonds is 3. The highest BCUT2D eigenvalue weighted by atomic mass is 32.1. The monoisotopic (exact) mass is 384 g/mol. The second-order valence-corrected chi connectivity index (χ2v) is 6.97. The molecule has 0 unspecified atom stereocenters. The molecule has 0 radical (unpaired) electrons. The molecule has 2 aromatic heterocycles. The van der Waals surface area contributed by atoms with Crippen molar-refractivity contribution in [1.29, 1.82) is 0 Å². The first-order valence-corrected chi connectivity index (χ1v) is 8.89. The van der Waals surface area contributed by atoms with E-state index >= 15 is 0 Å². The SMILES string of the molecule is Cc1cc(N2C(=O)C(=O)/C(=C(/O)c3ccc(F)cc3)[C@H]2c2cccs2)no1. The number of hydrogen-bond donors (Lipinski definition) is 1. The summed E-state index contributed by atoms with van der Waals surface area (Å²) in [6, 6.07) is 9.29. The lowest BCUT2D eigenvalue weighted by atomic mass is 10.00. The third-order valence-electron chi connectivity index (χ3n) is 4.24. The minimum atomic E-state index is -0.848. The molecular weight excluding hydrogens is 371 g/mol. The lowest BCUT2D eigenvalue weighted by Gasteiger charge is -2.21. The van der Waals surface area contributed by atoms with E-state index < -0.39 is 23.5 Å². The predicted octanol–water partition coefficient (Wildman–Crippen LogP) is 3.81. The first-order valence-electron chi connectivity index (χ1n) is 8.01. The molecule has 1 fully saturated rings. The standard InChI is InChI=1S/C19H13FN2O4S/c1-10-9-14(21-26-10)22-16(13-3-2-8-27-13)15(18(24)19(22)25)17(23)11-4-6-12(20)7-5-11/h2-9,16,23H,1H3/b17-15+/t16-/m1/s1. The number of carbonyl (C=O) groups is 2. The van der Waals surface area contributed by atoms with Gasteiger partial charge in [-0.15, -0.1) is 11.3 Å². The van der Waals surface area contributed by atoms with Crippen LogP contribution in [-0.2, 0) is 9.59 Å². The highest BCUT2D eigenvalue weighted by Gasteiger charge is 2.48. The van der Waals surface area contributed by atoms with Crippen LogP contribution in [0.15, 0.2) is 57.9 Å². The van der Waals surface area contributed by atoms with Crippen molar-refractivity contribution in [2.45, 2.75) is 13.0 Å². The van der Waals surface area contributed by atoms with E-state index in [2.05, 4.69) is 5.16 Å². The molecule has 1 atom stereocenters. The zero-order chi connectivity index (χ0) is 19.1. The maximum Gasteiger partial charge on any atom is 0.301 e. The number of aromatic nitrogens is 1. The van der Waals surface area contributed by atoms with Crippen molar-refractivity contribution in [2.24, 2.45) is 0 Å². The molecule has 1 N–H and O–H groups in total. The number of aryl methyl sites for hydroxylation is 1. The molecule has 1 aliphatic rings. The molecule has 136 valence electrons. The number of carbonyl (C=O) groups excluding carboxylic acids is 2. The minimum absolute atomic E-state index is 0.0743. The normalized spacial score (nSPS) is 19.0. The summed E-state index contributed by atoms with van der Waals surface area (Å²) in [4.78, 5) is 27.3. The Morgan fingerprint density at radius 3 is 2.59 bits per heavy atom. The number of hydrogen-bond acceptors (Lipinski definition) is 6. The van der Waals surface area contributed by atoms with E-state index in [0.29, 0.717) is 10.6 Å². The molecule has 8 heteroatoms. The summed E-state index contributed by atoms with van der Waals surface area (Å²) >= 11 is 1.34. The van der Waals surface area contributed by atoms with Crippen LogP contribution in [0.2, 0.25) is 0 Å². The summed E-state index contributed by atoms with van der Waals surface area (Å²) in [5.74, 6) is -1.82. The molecule has 3 aromatic rings. The second-order valence-electron chi connectivity index (χ2n) is 5.99. The number of thiophene rings is 1. The first kappa shape index (κ1) is 17.2. The Labute approximate surface area is 157 Å². The van der Waals surface area contributed by atoms with Crippen molar-refractivity contribution in [3.63, 3.8) is 0 Å². The summed E-state index contributed by atoms with van der Waals surface area (Å²) in [7, 11) is 0. The van der Waals surface area contributed by atoms with Crippen molar-refractivity contribution in [2.75, 3.05) is 4.90 Å². The Balaban J connectivity index is 1.92. The van der Waals surface area contributed by atoms with Gasteiger partial charge in [-0.05, 0) is 42.6 Å². The molecule has 1 saturated heterocycles. The summed E-state index contributed by atoms with van der Waals surface area (Å²) in [5, 5.41) is 16.4. The Kier molecular flexibility index (Phi) is 4.12. The number of amides is 1. The third-order valence-corrected chi connectivity index (χ3v) is 5.16. The Hall–Kier alpha value is -3.26. The van der Waals surface area contributed by atoms with E-state index in [1.807, 2.05) is 0 Å². The van der Waals surface area contributed by atoms with Crippen molar-refractivity contribution >= 4 is 34.6 Å². The zero-order valence-corrected chi connectivity index (χ0v) is 14.9. The average Bonchev–Trinajstić information content (AvgIpc) is 3.37. The quantitative estimate of drug-likeness (QED) is 0.422. The van der Waals surface area contributed by atoms with Gasteiger partial charge >= 0.3 is 5.91 Å². The number of aliphatic hydroxyl groups is 1. The maximum absolute atomic E-state index is 13.2. The fourth-order valence-electron chi connectivity index (χ4n) is 3.01. The van der Waals surface area contributed by atoms with Gasteiger partial charge in [-0.3, -0.25) is 14.5 Å². The Bertz CT molecular complexity index is 1050. The van der Waals surface area contributed by atoms with Crippen LogP contribution in [0, 0.1) is 12.7 Å². The number of ketones is 1. The number of nitrogens with zero attached hydrogens (tertiary/aromatic N) is 2. The Morgan fingerprint density at radius 2 is 2.00 bits per heavy atom. The van der Waals surface area contributed by atoms with E-state index in [4.69, 9.17) is 4.52 Å². The zero-order valence-electron chi connectivity index (χ0n) is 14.0. The number of halogens is 1. The van der Waals surface area contributed by atoms with Gasteiger partial charge in [-0.2, -0.15) is 0 Å². The summed E-state index contributed by atoms with van der Waals surface area (Å²) in [6.45, 7) is 1.67. The van der Waals surface area contributed by atoms with E-state index in [-0.39, 0.29) is 22.7 Å². The molecular formula is C19H13FN2O4S. The highest BCUT2D eigenvalue weighted by Crippen LogP contribution is 2.43. The van der Waals surface area contributed by atoms with Gasteiger partial charge in [-0.1, -0.05) is 11.2 Å². The number of benzene rings is 1. The van der Waals surface area contributed by atoms with Gasteiger partial charge in [0.25, 0.3) is 5.78 Å². The van der Waals surface area contributed by atoms with Crippen LogP contribution in [-0.4, -0.2) is 22.0 Å². The van der Waals surface area contributed by atoms with Gasteiger partial charge in [0.15, 0.2) is 5.82 Å².